The zero-order valence-corrected chi connectivity index (χ0v) is 18.2. The van der Waals surface area contributed by atoms with Crippen LogP contribution in [0.3, 0.4) is 0 Å². The topological polar surface area (TPSA) is 117 Å². The molecule has 0 fully saturated rings. The smallest absolute Gasteiger partial charge is 0.332 e. The van der Waals surface area contributed by atoms with E-state index in [1.807, 2.05) is 0 Å². The van der Waals surface area contributed by atoms with Crippen LogP contribution in [-0.2, 0) is 30.2 Å². The molecule has 1 N–H and O–H groups in total. The van der Waals surface area contributed by atoms with Crippen LogP contribution in [0.4, 0.5) is 4.39 Å². The number of rotatable bonds is 7. The molecular weight excluding hydrogens is 421 g/mol. The highest BCUT2D eigenvalue weighted by atomic mass is 19.1. The first-order chi connectivity index (χ1) is 15.1. The Morgan fingerprint density at radius 1 is 1.16 bits per heavy atom. The number of hydrogen-bond acceptors (Lipinski definition) is 6. The molecule has 10 nitrogen and oxygen atoms in total. The van der Waals surface area contributed by atoms with Crippen molar-refractivity contribution >= 4 is 23.0 Å². The number of nitrogens with zero attached hydrogens (tertiary/aromatic N) is 4. The van der Waals surface area contributed by atoms with E-state index in [0.717, 1.165) is 10.6 Å². The SMILES string of the molecule is CC(C)[C@H](NC(=O)c1ccccc1F)C(=O)OCCn1cnc2c1c(=O)n(C)c(=O)n2C. The van der Waals surface area contributed by atoms with Crippen LogP contribution in [0.1, 0.15) is 24.2 Å². The van der Waals surface area contributed by atoms with E-state index in [4.69, 9.17) is 4.74 Å². The van der Waals surface area contributed by atoms with Crippen LogP contribution in [0.2, 0.25) is 0 Å². The number of aromatic nitrogens is 4. The monoisotopic (exact) mass is 445 g/mol. The van der Waals surface area contributed by atoms with E-state index < -0.39 is 35.0 Å². The van der Waals surface area contributed by atoms with Crippen molar-refractivity contribution in [3.05, 3.63) is 62.8 Å². The van der Waals surface area contributed by atoms with Crippen LogP contribution in [0.25, 0.3) is 11.2 Å². The fourth-order valence-electron chi connectivity index (χ4n) is 3.26. The van der Waals surface area contributed by atoms with Crippen molar-refractivity contribution < 1.29 is 18.7 Å². The average Bonchev–Trinajstić information content (AvgIpc) is 3.18. The van der Waals surface area contributed by atoms with Gasteiger partial charge in [-0.2, -0.15) is 0 Å². The molecule has 32 heavy (non-hydrogen) atoms. The third kappa shape index (κ3) is 4.32. The molecule has 0 unspecified atom stereocenters. The highest BCUT2D eigenvalue weighted by Gasteiger charge is 2.27. The molecule has 2 heterocycles. The van der Waals surface area contributed by atoms with Crippen molar-refractivity contribution in [1.29, 1.82) is 0 Å². The van der Waals surface area contributed by atoms with Crippen molar-refractivity contribution in [3.63, 3.8) is 0 Å². The molecule has 0 radical (unpaired) electrons. The van der Waals surface area contributed by atoms with Gasteiger partial charge in [0.25, 0.3) is 11.5 Å². The zero-order chi connectivity index (χ0) is 23.6. The third-order valence-corrected chi connectivity index (χ3v) is 5.12. The Bertz CT molecular complexity index is 1290. The van der Waals surface area contributed by atoms with Crippen LogP contribution in [0, 0.1) is 11.7 Å². The summed E-state index contributed by atoms with van der Waals surface area (Å²) < 4.78 is 22.9. The lowest BCUT2D eigenvalue weighted by atomic mass is 10.0. The number of esters is 1. The summed E-state index contributed by atoms with van der Waals surface area (Å²) in [7, 11) is 2.87. The fourth-order valence-corrected chi connectivity index (χ4v) is 3.26. The summed E-state index contributed by atoms with van der Waals surface area (Å²) in [5.74, 6) is -2.41. The van der Waals surface area contributed by atoms with Crippen molar-refractivity contribution in [3.8, 4) is 0 Å². The number of fused-ring (bicyclic) bond motifs is 1. The van der Waals surface area contributed by atoms with Crippen LogP contribution >= 0.6 is 0 Å². The summed E-state index contributed by atoms with van der Waals surface area (Å²) in [4.78, 5) is 53.5. The zero-order valence-electron chi connectivity index (χ0n) is 18.2. The van der Waals surface area contributed by atoms with Gasteiger partial charge in [-0.1, -0.05) is 26.0 Å². The second-order valence-electron chi connectivity index (χ2n) is 7.66. The number of carbonyl (C=O) groups is 2. The molecule has 3 rings (SSSR count). The van der Waals surface area contributed by atoms with Crippen molar-refractivity contribution in [2.75, 3.05) is 6.61 Å². The predicted molar refractivity (Wildman–Crippen MR) is 114 cm³/mol. The van der Waals surface area contributed by atoms with E-state index in [9.17, 15) is 23.6 Å². The molecule has 1 aromatic carbocycles. The molecule has 3 aromatic rings. The lowest BCUT2D eigenvalue weighted by Gasteiger charge is -2.21. The van der Waals surface area contributed by atoms with E-state index in [1.165, 1.54) is 47.8 Å². The number of imidazole rings is 1. The molecule has 0 aliphatic heterocycles. The minimum atomic E-state index is -0.990. The van der Waals surface area contributed by atoms with Crippen LogP contribution in [0.5, 0.6) is 0 Å². The van der Waals surface area contributed by atoms with Crippen LogP contribution < -0.4 is 16.6 Å². The second-order valence-corrected chi connectivity index (χ2v) is 7.66. The number of amides is 1. The van der Waals surface area contributed by atoms with Gasteiger partial charge in [-0.15, -0.1) is 0 Å². The summed E-state index contributed by atoms with van der Waals surface area (Å²) >= 11 is 0. The largest absolute Gasteiger partial charge is 0.462 e. The Kier molecular flexibility index (Phi) is 6.56. The van der Waals surface area contributed by atoms with Gasteiger partial charge in [0.05, 0.1) is 18.4 Å². The second kappa shape index (κ2) is 9.16. The summed E-state index contributed by atoms with van der Waals surface area (Å²) in [5.41, 5.74) is -0.744. The first-order valence-corrected chi connectivity index (χ1v) is 9.96. The lowest BCUT2D eigenvalue weighted by molar-refractivity contribution is -0.147. The number of nitrogens with one attached hydrogen (secondary N) is 1. The predicted octanol–water partition coefficient (Wildman–Crippen LogP) is 0.571. The maximum atomic E-state index is 13.9. The summed E-state index contributed by atoms with van der Waals surface area (Å²) in [6.07, 6.45) is 1.39. The van der Waals surface area contributed by atoms with E-state index in [-0.39, 0.29) is 35.8 Å². The van der Waals surface area contributed by atoms with E-state index >= 15 is 0 Å². The number of benzene rings is 1. The summed E-state index contributed by atoms with van der Waals surface area (Å²) in [5, 5.41) is 2.51. The molecule has 0 aliphatic carbocycles. The Labute approximate surface area is 182 Å². The van der Waals surface area contributed by atoms with E-state index in [0.29, 0.717) is 0 Å². The van der Waals surface area contributed by atoms with Crippen LogP contribution in [-0.4, -0.2) is 43.2 Å². The third-order valence-electron chi connectivity index (χ3n) is 5.12. The normalized spacial score (nSPS) is 12.2. The molecule has 1 atom stereocenters. The number of carbonyl (C=O) groups excluding carboxylic acids is 2. The lowest BCUT2D eigenvalue weighted by Crippen LogP contribution is -2.45. The van der Waals surface area contributed by atoms with Crippen LogP contribution in [0.15, 0.2) is 40.2 Å². The number of ether oxygens (including phenoxy) is 1. The molecule has 0 spiro atoms. The van der Waals surface area contributed by atoms with Gasteiger partial charge in [0.1, 0.15) is 18.5 Å². The Morgan fingerprint density at radius 3 is 2.50 bits per heavy atom. The van der Waals surface area contributed by atoms with Gasteiger partial charge in [-0.25, -0.2) is 19.0 Å². The number of halogens is 1. The number of hydrogen-bond donors (Lipinski definition) is 1. The molecule has 0 saturated heterocycles. The van der Waals surface area contributed by atoms with Gasteiger partial charge in [0, 0.05) is 14.1 Å². The minimum Gasteiger partial charge on any atom is -0.462 e. The number of aryl methyl sites for hydroxylation is 1. The van der Waals surface area contributed by atoms with E-state index in [2.05, 4.69) is 10.3 Å². The molecule has 170 valence electrons. The Morgan fingerprint density at radius 2 is 1.84 bits per heavy atom. The van der Waals surface area contributed by atoms with Gasteiger partial charge in [-0.3, -0.25) is 18.7 Å². The Hall–Kier alpha value is -3.76. The molecule has 0 aliphatic rings. The van der Waals surface area contributed by atoms with Gasteiger partial charge in [0.15, 0.2) is 11.2 Å². The maximum absolute atomic E-state index is 13.9. The minimum absolute atomic E-state index is 0.102. The first-order valence-electron chi connectivity index (χ1n) is 9.96. The van der Waals surface area contributed by atoms with Gasteiger partial charge >= 0.3 is 11.7 Å². The van der Waals surface area contributed by atoms with Gasteiger partial charge < -0.3 is 14.6 Å². The molecular formula is C21H24FN5O5. The molecule has 0 saturated carbocycles. The molecule has 2 aromatic heterocycles. The van der Waals surface area contributed by atoms with Gasteiger partial charge in [-0.05, 0) is 18.1 Å². The molecule has 1 amide bonds. The summed E-state index contributed by atoms with van der Waals surface area (Å²) in [6, 6.07) is 4.48. The van der Waals surface area contributed by atoms with Crippen molar-refractivity contribution in [2.24, 2.45) is 20.0 Å². The first kappa shape index (κ1) is 22.9. The highest BCUT2D eigenvalue weighted by Crippen LogP contribution is 2.10. The maximum Gasteiger partial charge on any atom is 0.332 e. The quantitative estimate of drug-likeness (QED) is 0.532. The fraction of sp³-hybridized carbons (Fsp3) is 0.381. The summed E-state index contributed by atoms with van der Waals surface area (Å²) in [6.45, 7) is 3.46. The van der Waals surface area contributed by atoms with Gasteiger partial charge in [0.2, 0.25) is 0 Å². The molecule has 11 heteroatoms. The highest BCUT2D eigenvalue weighted by molar-refractivity contribution is 5.97. The van der Waals surface area contributed by atoms with Crippen molar-refractivity contribution in [2.45, 2.75) is 26.4 Å². The Balaban J connectivity index is 1.70. The van der Waals surface area contributed by atoms with Crippen molar-refractivity contribution in [1.82, 2.24) is 24.0 Å². The average molecular weight is 445 g/mol. The van der Waals surface area contributed by atoms with E-state index in [1.54, 1.807) is 13.8 Å². The standard InChI is InChI=1S/C21H24FN5O5/c1-12(2)15(24-18(28)13-7-5-6-8-14(13)22)20(30)32-10-9-27-11-23-17-16(27)19(29)26(4)21(31)25(17)3/h5-8,11-12,15H,9-10H2,1-4H3,(H,24,28)/t15-/m0/s1. The molecule has 0 bridgehead atoms.